The molecule has 1 saturated carbocycles. The lowest BCUT2D eigenvalue weighted by Crippen LogP contribution is -2.39. The second-order valence-corrected chi connectivity index (χ2v) is 6.52. The third-order valence-corrected chi connectivity index (χ3v) is 4.60. The highest BCUT2D eigenvalue weighted by Crippen LogP contribution is 2.24. The summed E-state index contributed by atoms with van der Waals surface area (Å²) in [5.41, 5.74) is 0.233. The van der Waals surface area contributed by atoms with Crippen molar-refractivity contribution < 1.29 is 23.2 Å². The van der Waals surface area contributed by atoms with E-state index < -0.39 is 0 Å². The number of amides is 1. The van der Waals surface area contributed by atoms with Crippen LogP contribution in [0.15, 0.2) is 45.8 Å². The molecule has 1 amide bonds. The summed E-state index contributed by atoms with van der Waals surface area (Å²) in [6.07, 6.45) is 7.88. The van der Waals surface area contributed by atoms with E-state index >= 15 is 0 Å². The van der Waals surface area contributed by atoms with Crippen LogP contribution >= 0.6 is 0 Å². The lowest BCUT2D eigenvalue weighted by Gasteiger charge is -2.28. The molecule has 1 fully saturated rings. The third kappa shape index (κ3) is 4.13. The smallest absolute Gasteiger partial charge is 0.273 e. The second-order valence-electron chi connectivity index (χ2n) is 6.52. The fourth-order valence-electron chi connectivity index (χ4n) is 3.16. The quantitative estimate of drug-likeness (QED) is 0.690. The van der Waals surface area contributed by atoms with E-state index in [1.165, 1.54) is 19.6 Å². The summed E-state index contributed by atoms with van der Waals surface area (Å²) in [5.74, 6) is 1.56. The van der Waals surface area contributed by atoms with Crippen molar-refractivity contribution in [3.8, 4) is 23.3 Å². The van der Waals surface area contributed by atoms with Crippen molar-refractivity contribution in [1.29, 1.82) is 0 Å². The monoisotopic (exact) mass is 384 g/mol. The Hall–Kier alpha value is -3.36. The molecule has 4 rings (SSSR count). The zero-order valence-electron chi connectivity index (χ0n) is 15.3. The van der Waals surface area contributed by atoms with Crippen molar-refractivity contribution in [2.45, 2.75) is 37.8 Å². The first-order valence-corrected chi connectivity index (χ1v) is 9.05. The predicted octanol–water partition coefficient (Wildman–Crippen LogP) is 2.85. The van der Waals surface area contributed by atoms with Crippen molar-refractivity contribution in [2.75, 3.05) is 7.11 Å². The van der Waals surface area contributed by atoms with Gasteiger partial charge in [-0.2, -0.15) is 4.98 Å². The maximum Gasteiger partial charge on any atom is 0.273 e. The van der Waals surface area contributed by atoms with Crippen LogP contribution in [-0.4, -0.2) is 40.3 Å². The van der Waals surface area contributed by atoms with Crippen LogP contribution in [0.5, 0.6) is 11.8 Å². The molecule has 0 aliphatic heterocycles. The van der Waals surface area contributed by atoms with Gasteiger partial charge in [0.1, 0.15) is 6.10 Å². The maximum absolute atomic E-state index is 12.4. The van der Waals surface area contributed by atoms with Crippen molar-refractivity contribution in [2.24, 2.45) is 0 Å². The Balaban J connectivity index is 1.27. The molecule has 1 aliphatic rings. The van der Waals surface area contributed by atoms with Crippen LogP contribution in [0.25, 0.3) is 11.5 Å². The van der Waals surface area contributed by atoms with E-state index in [2.05, 4.69) is 20.4 Å². The van der Waals surface area contributed by atoms with Crippen LogP contribution in [-0.2, 0) is 0 Å². The van der Waals surface area contributed by atoms with Gasteiger partial charge >= 0.3 is 0 Å². The molecule has 9 nitrogen and oxygen atoms in total. The van der Waals surface area contributed by atoms with Gasteiger partial charge in [-0.05, 0) is 37.8 Å². The average Bonchev–Trinajstić information content (AvgIpc) is 3.41. The van der Waals surface area contributed by atoms with E-state index in [0.717, 1.165) is 25.7 Å². The Morgan fingerprint density at radius 1 is 1.18 bits per heavy atom. The summed E-state index contributed by atoms with van der Waals surface area (Å²) in [7, 11) is 1.54. The van der Waals surface area contributed by atoms with Gasteiger partial charge in [-0.1, -0.05) is 5.16 Å². The van der Waals surface area contributed by atoms with Crippen LogP contribution in [0, 0.1) is 0 Å². The van der Waals surface area contributed by atoms with Crippen LogP contribution in [0.2, 0.25) is 0 Å². The van der Waals surface area contributed by atoms with Gasteiger partial charge in [0.25, 0.3) is 5.91 Å². The normalized spacial score (nSPS) is 19.2. The molecule has 0 atom stereocenters. The lowest BCUT2D eigenvalue weighted by atomic mass is 9.93. The Morgan fingerprint density at radius 3 is 2.75 bits per heavy atom. The zero-order valence-corrected chi connectivity index (χ0v) is 15.3. The molecule has 3 aromatic heterocycles. The Labute approximate surface area is 161 Å². The number of hydrogen-bond acceptors (Lipinski definition) is 8. The molecule has 0 bridgehead atoms. The highest BCUT2D eigenvalue weighted by atomic mass is 16.5. The molecule has 1 aliphatic carbocycles. The molecule has 0 radical (unpaired) electrons. The number of aromatic nitrogens is 3. The van der Waals surface area contributed by atoms with E-state index in [4.69, 9.17) is 18.4 Å². The standard InChI is InChI=1S/C19H20N4O5/c1-25-17-10-20-11-18(22-17)27-13-6-4-12(5-7-13)21-19(24)14-9-16(28-23-14)15-3-2-8-26-15/h2-3,8-13H,4-7H2,1H3,(H,21,24). The fourth-order valence-corrected chi connectivity index (χ4v) is 3.16. The highest BCUT2D eigenvalue weighted by Gasteiger charge is 2.25. The van der Waals surface area contributed by atoms with Crippen molar-refractivity contribution >= 4 is 5.91 Å². The lowest BCUT2D eigenvalue weighted by molar-refractivity contribution is 0.0880. The minimum Gasteiger partial charge on any atom is -0.480 e. The Bertz CT molecular complexity index is 916. The molecule has 3 aromatic rings. The van der Waals surface area contributed by atoms with Gasteiger partial charge < -0.3 is 23.7 Å². The van der Waals surface area contributed by atoms with E-state index in [1.807, 2.05) is 0 Å². The molecule has 0 unspecified atom stereocenters. The summed E-state index contributed by atoms with van der Waals surface area (Å²) in [5, 5.41) is 6.83. The van der Waals surface area contributed by atoms with Gasteiger partial charge in [0.2, 0.25) is 17.5 Å². The predicted molar refractivity (Wildman–Crippen MR) is 96.9 cm³/mol. The number of furan rings is 1. The number of rotatable bonds is 6. The van der Waals surface area contributed by atoms with Crippen LogP contribution in [0.1, 0.15) is 36.2 Å². The second kappa shape index (κ2) is 8.12. The van der Waals surface area contributed by atoms with Crippen LogP contribution in [0.3, 0.4) is 0 Å². The summed E-state index contributed by atoms with van der Waals surface area (Å²) < 4.78 is 21.3. The number of nitrogens with zero attached hydrogens (tertiary/aromatic N) is 3. The molecule has 0 saturated heterocycles. The summed E-state index contributed by atoms with van der Waals surface area (Å²) in [4.78, 5) is 20.7. The zero-order chi connectivity index (χ0) is 19.3. The molecule has 0 spiro atoms. The molecule has 146 valence electrons. The summed E-state index contributed by atoms with van der Waals surface area (Å²) in [6, 6.07) is 5.13. The molecule has 0 aromatic carbocycles. The SMILES string of the molecule is COc1cncc(OC2CCC(NC(=O)c3cc(-c4ccco4)on3)CC2)n1. The van der Waals surface area contributed by atoms with Crippen molar-refractivity contribution in [3.05, 3.63) is 42.5 Å². The molecule has 1 N–H and O–H groups in total. The van der Waals surface area contributed by atoms with Gasteiger partial charge in [0, 0.05) is 12.1 Å². The Morgan fingerprint density at radius 2 is 2.00 bits per heavy atom. The summed E-state index contributed by atoms with van der Waals surface area (Å²) in [6.45, 7) is 0. The van der Waals surface area contributed by atoms with Gasteiger partial charge in [-0.25, -0.2) is 0 Å². The van der Waals surface area contributed by atoms with Crippen molar-refractivity contribution in [3.63, 3.8) is 0 Å². The topological polar surface area (TPSA) is 113 Å². The minimum atomic E-state index is -0.260. The first-order valence-electron chi connectivity index (χ1n) is 9.05. The van der Waals surface area contributed by atoms with Crippen LogP contribution < -0.4 is 14.8 Å². The van der Waals surface area contributed by atoms with E-state index in [9.17, 15) is 4.79 Å². The minimum absolute atomic E-state index is 0.0344. The molecule has 28 heavy (non-hydrogen) atoms. The van der Waals surface area contributed by atoms with Gasteiger partial charge in [-0.15, -0.1) is 0 Å². The van der Waals surface area contributed by atoms with E-state index in [0.29, 0.717) is 23.3 Å². The van der Waals surface area contributed by atoms with E-state index in [1.54, 1.807) is 24.4 Å². The molecule has 3 heterocycles. The highest BCUT2D eigenvalue weighted by molar-refractivity contribution is 5.93. The largest absolute Gasteiger partial charge is 0.480 e. The molecular formula is C19H20N4O5. The van der Waals surface area contributed by atoms with Crippen LogP contribution in [0.4, 0.5) is 0 Å². The number of carbonyl (C=O) groups is 1. The van der Waals surface area contributed by atoms with Gasteiger partial charge in [0.15, 0.2) is 11.5 Å². The molecule has 9 heteroatoms. The third-order valence-electron chi connectivity index (χ3n) is 4.60. The van der Waals surface area contributed by atoms with Gasteiger partial charge in [0.05, 0.1) is 25.8 Å². The first-order chi connectivity index (χ1) is 13.7. The number of carbonyl (C=O) groups excluding carboxylic acids is 1. The number of ether oxygens (including phenoxy) is 2. The van der Waals surface area contributed by atoms with Crippen molar-refractivity contribution in [1.82, 2.24) is 20.4 Å². The average molecular weight is 384 g/mol. The fraction of sp³-hybridized carbons (Fsp3) is 0.368. The Kier molecular flexibility index (Phi) is 5.22. The summed E-state index contributed by atoms with van der Waals surface area (Å²) >= 11 is 0. The molecular weight excluding hydrogens is 364 g/mol. The maximum atomic E-state index is 12.4. The number of methoxy groups -OCH3 is 1. The van der Waals surface area contributed by atoms with Gasteiger partial charge in [-0.3, -0.25) is 9.78 Å². The first kappa shape index (κ1) is 18.0. The number of nitrogens with one attached hydrogen (secondary N) is 1. The number of hydrogen-bond donors (Lipinski definition) is 1. The van der Waals surface area contributed by atoms with E-state index in [-0.39, 0.29) is 23.7 Å².